The van der Waals surface area contributed by atoms with Gasteiger partial charge in [0, 0.05) is 25.2 Å². The molecule has 0 radical (unpaired) electrons. The van der Waals surface area contributed by atoms with Gasteiger partial charge in [-0.1, -0.05) is 87.1 Å². The molecule has 368 valence electrons. The number of amides is 2. The smallest absolute Gasteiger partial charge is 0.550 e. The summed E-state index contributed by atoms with van der Waals surface area (Å²) in [6.45, 7) is 3.66. The summed E-state index contributed by atoms with van der Waals surface area (Å²) in [7, 11) is 2.44. The van der Waals surface area contributed by atoms with Crippen molar-refractivity contribution in [2.45, 2.75) is 218 Å². The van der Waals surface area contributed by atoms with E-state index in [9.17, 15) is 49.2 Å². The number of hydrogen-bond acceptors (Lipinski definition) is 12. The zero-order valence-corrected chi connectivity index (χ0v) is 45.7. The van der Waals surface area contributed by atoms with E-state index in [-0.39, 0.29) is 96.5 Å². The van der Waals surface area contributed by atoms with Crippen molar-refractivity contribution in [2.24, 2.45) is 0 Å². The standard InChI is InChI=1S/C26H45NO6.C24H41NO6.2Na/c1-22(28)19-17-15-13-11-9-7-5-4-6-8-10-12-14-16-18-20-24(29)27-23(26(31)33-3)21-25(30)32-2;1-20(26)17-15-13-11-9-7-5-3-2-4-6-8-10-12-14-16-18-22(27)25-21(24(30)31)19-23(28)29;;/h11-14,22-23,28H,4-10,15-21H2,1-3H3,(H,27,29);9-12,20-21,26H,2-8,13-19H2,1H3,(H,25,27)(H,28,29)(H,30,31);;/q;;2*+1/p-2/b13-11-,14-12-;11-9-,12-10-;;/t22-,23-;20-,21-;;/m00../s1. The summed E-state index contributed by atoms with van der Waals surface area (Å²) in [5.41, 5.74) is 0. The second kappa shape index (κ2) is 52.1. The zero-order chi connectivity index (χ0) is 48.1. The van der Waals surface area contributed by atoms with Crippen LogP contribution in [0.15, 0.2) is 48.6 Å². The van der Waals surface area contributed by atoms with Gasteiger partial charge >= 0.3 is 71.1 Å². The van der Waals surface area contributed by atoms with Crippen LogP contribution in [0, 0.1) is 0 Å². The quantitative estimate of drug-likeness (QED) is 0.0288. The maximum atomic E-state index is 12.0. The van der Waals surface area contributed by atoms with E-state index >= 15 is 0 Å². The largest absolute Gasteiger partial charge is 1.00 e. The Bertz CT molecular complexity index is 1350. The van der Waals surface area contributed by atoms with E-state index < -0.39 is 48.3 Å². The van der Waals surface area contributed by atoms with Crippen molar-refractivity contribution in [3.05, 3.63) is 48.6 Å². The maximum absolute atomic E-state index is 12.0. The number of rotatable bonds is 40. The molecule has 0 aromatic heterocycles. The molecule has 0 aromatic carbocycles. The Balaban J connectivity index is -0.000000566. The number of aliphatic hydroxyl groups is 2. The number of nitrogens with one attached hydrogen (secondary N) is 2. The molecule has 0 saturated carbocycles. The molecule has 4 N–H and O–H groups in total. The van der Waals surface area contributed by atoms with Crippen molar-refractivity contribution in [1.29, 1.82) is 0 Å². The van der Waals surface area contributed by atoms with Crippen LogP contribution in [0.3, 0.4) is 0 Å². The average Bonchev–Trinajstić information content (AvgIpc) is 3.24. The van der Waals surface area contributed by atoms with Crippen LogP contribution in [0.1, 0.15) is 194 Å². The van der Waals surface area contributed by atoms with Crippen molar-refractivity contribution >= 4 is 35.7 Å². The Labute approximate surface area is 441 Å². The number of carbonyl (C=O) groups excluding carboxylic acids is 6. The van der Waals surface area contributed by atoms with Gasteiger partial charge in [-0.2, -0.15) is 0 Å². The topological polar surface area (TPSA) is 232 Å². The third-order valence-corrected chi connectivity index (χ3v) is 10.1. The molecule has 0 aromatic rings. The van der Waals surface area contributed by atoms with E-state index in [1.54, 1.807) is 0 Å². The molecule has 0 unspecified atom stereocenters. The van der Waals surface area contributed by atoms with Crippen LogP contribution in [-0.4, -0.2) is 84.4 Å². The molecule has 0 aliphatic rings. The van der Waals surface area contributed by atoms with Crippen molar-refractivity contribution < 1.29 is 118 Å². The number of allylic oxidation sites excluding steroid dienone is 8. The number of carboxylic acid groups (broad SMARTS) is 2. The number of carboxylic acids is 2. The molecule has 0 fully saturated rings. The fourth-order valence-electron chi connectivity index (χ4n) is 6.35. The van der Waals surface area contributed by atoms with Crippen LogP contribution >= 0.6 is 0 Å². The van der Waals surface area contributed by atoms with Crippen molar-refractivity contribution in [3.8, 4) is 0 Å². The summed E-state index contributed by atoms with van der Waals surface area (Å²) < 4.78 is 9.16. The minimum atomic E-state index is -1.63. The van der Waals surface area contributed by atoms with Gasteiger partial charge in [0.05, 0.1) is 44.9 Å². The number of esters is 2. The number of unbranched alkanes of at least 4 members (excludes halogenated alkanes) is 16. The summed E-state index contributed by atoms with van der Waals surface area (Å²) in [6, 6.07) is -2.56. The van der Waals surface area contributed by atoms with Gasteiger partial charge in [-0.05, 0) is 129 Å². The van der Waals surface area contributed by atoms with Crippen LogP contribution in [-0.2, 0) is 38.2 Å². The Morgan fingerprint density at radius 3 is 1.09 bits per heavy atom. The molecule has 66 heavy (non-hydrogen) atoms. The molecular weight excluding hydrogens is 867 g/mol. The van der Waals surface area contributed by atoms with Gasteiger partial charge in [0.25, 0.3) is 0 Å². The Kier molecular flexibility index (Phi) is 55.4. The number of carbonyl (C=O) groups is 6. The number of methoxy groups -OCH3 is 2. The summed E-state index contributed by atoms with van der Waals surface area (Å²) in [5, 5.41) is 44.3. The van der Waals surface area contributed by atoms with Crippen LogP contribution in [0.25, 0.3) is 0 Å². The zero-order valence-electron chi connectivity index (χ0n) is 41.7. The monoisotopic (exact) mass is 951 g/mol. The minimum Gasteiger partial charge on any atom is -0.550 e. The first kappa shape index (κ1) is 70.3. The SMILES string of the molecule is COC(=O)C[C@H](NC(=O)CCC/C=C\CCCCCCC/C=C\CCC[C@H](C)O)C(=O)OC.C[C@H](O)CCC/C=C\CCCCCCC/C=C\CCCC(=O)N[C@@H](CC(=O)[O-])C(=O)[O-].[Na+].[Na+]. The van der Waals surface area contributed by atoms with E-state index in [0.29, 0.717) is 19.3 Å². The Morgan fingerprint density at radius 1 is 0.470 bits per heavy atom. The summed E-state index contributed by atoms with van der Waals surface area (Å²) in [4.78, 5) is 67.9. The molecule has 2 amide bonds. The number of hydrogen-bond donors (Lipinski definition) is 4. The molecule has 0 aliphatic heterocycles. The normalized spacial score (nSPS) is 12.9. The van der Waals surface area contributed by atoms with Gasteiger partial charge in [0.2, 0.25) is 11.8 Å². The minimum absolute atomic E-state index is 0. The predicted octanol–water partition coefficient (Wildman–Crippen LogP) is 0.705. The Morgan fingerprint density at radius 2 is 0.788 bits per heavy atom. The molecule has 14 nitrogen and oxygen atoms in total. The first-order chi connectivity index (χ1) is 30.7. The fraction of sp³-hybridized carbons (Fsp3) is 0.720. The summed E-state index contributed by atoms with van der Waals surface area (Å²) in [5.74, 6) is -5.19. The van der Waals surface area contributed by atoms with E-state index in [4.69, 9.17) is 0 Å². The molecule has 0 heterocycles. The average molecular weight is 951 g/mol. The van der Waals surface area contributed by atoms with E-state index in [1.165, 1.54) is 72.0 Å². The van der Waals surface area contributed by atoms with E-state index in [0.717, 1.165) is 77.0 Å². The van der Waals surface area contributed by atoms with Crippen molar-refractivity contribution in [2.75, 3.05) is 14.2 Å². The maximum Gasteiger partial charge on any atom is 1.00 e. The van der Waals surface area contributed by atoms with Crippen LogP contribution in [0.4, 0.5) is 0 Å². The second-order valence-electron chi connectivity index (χ2n) is 16.4. The number of ether oxygens (including phenoxy) is 2. The second-order valence-corrected chi connectivity index (χ2v) is 16.4. The van der Waals surface area contributed by atoms with Gasteiger partial charge in [0.1, 0.15) is 6.04 Å². The molecule has 0 saturated heterocycles. The van der Waals surface area contributed by atoms with Gasteiger partial charge in [-0.15, -0.1) is 0 Å². The third kappa shape index (κ3) is 52.7. The van der Waals surface area contributed by atoms with Gasteiger partial charge in [-0.25, -0.2) is 4.79 Å². The fourth-order valence-corrected chi connectivity index (χ4v) is 6.35. The van der Waals surface area contributed by atoms with E-state index in [2.05, 4.69) is 62.6 Å². The van der Waals surface area contributed by atoms with Crippen LogP contribution < -0.4 is 80.0 Å². The first-order valence-corrected chi connectivity index (χ1v) is 23.8. The number of aliphatic hydroxyl groups excluding tert-OH is 2. The van der Waals surface area contributed by atoms with Gasteiger partial charge < -0.3 is 50.1 Å². The Hall–Kier alpha value is -2.30. The molecule has 16 heteroatoms. The molecular formula is C50H84N2Na2O12. The molecule has 0 aliphatic carbocycles. The van der Waals surface area contributed by atoms with Crippen LogP contribution in [0.5, 0.6) is 0 Å². The molecule has 0 spiro atoms. The number of aliphatic carboxylic acids is 2. The molecule has 4 atom stereocenters. The first-order valence-electron chi connectivity index (χ1n) is 23.8. The predicted molar refractivity (Wildman–Crippen MR) is 247 cm³/mol. The van der Waals surface area contributed by atoms with Crippen molar-refractivity contribution in [3.63, 3.8) is 0 Å². The summed E-state index contributed by atoms with van der Waals surface area (Å²) >= 11 is 0. The van der Waals surface area contributed by atoms with Crippen molar-refractivity contribution in [1.82, 2.24) is 10.6 Å². The molecule has 0 rings (SSSR count). The van der Waals surface area contributed by atoms with Gasteiger partial charge in [-0.3, -0.25) is 14.4 Å². The van der Waals surface area contributed by atoms with Gasteiger partial charge in [0.15, 0.2) is 0 Å². The van der Waals surface area contributed by atoms with E-state index in [1.807, 2.05) is 19.9 Å². The molecule has 0 bridgehead atoms. The van der Waals surface area contributed by atoms with Crippen LogP contribution in [0.2, 0.25) is 0 Å². The summed E-state index contributed by atoms with van der Waals surface area (Å²) in [6.07, 6.45) is 41.6. The third-order valence-electron chi connectivity index (χ3n) is 10.1.